The van der Waals surface area contributed by atoms with Gasteiger partial charge in [-0.05, 0) is 35.5 Å². The Hall–Kier alpha value is -2.61. The van der Waals surface area contributed by atoms with Crippen LogP contribution >= 0.6 is 12.2 Å². The van der Waals surface area contributed by atoms with Crippen LogP contribution in [0.3, 0.4) is 0 Å². The molecule has 0 fully saturated rings. The normalized spacial score (nSPS) is 11.0. The van der Waals surface area contributed by atoms with Crippen LogP contribution in [0, 0.1) is 0 Å². The molecule has 0 unspecified atom stereocenters. The van der Waals surface area contributed by atoms with Crippen molar-refractivity contribution in [2.45, 2.75) is 12.7 Å². The molecular weight excluding hydrogens is 341 g/mol. The largest absolute Gasteiger partial charge is 0.545 e. The van der Waals surface area contributed by atoms with Gasteiger partial charge < -0.3 is 20.5 Å². The van der Waals surface area contributed by atoms with Gasteiger partial charge in [-0.3, -0.25) is 0 Å². The van der Waals surface area contributed by atoms with Crippen LogP contribution in [-0.2, 0) is 12.7 Å². The number of hydrogen-bond donors (Lipinski definition) is 2. The molecule has 0 atom stereocenters. The second kappa shape index (κ2) is 7.31. The number of benzene rings is 2. The van der Waals surface area contributed by atoms with Crippen molar-refractivity contribution in [1.29, 1.82) is 0 Å². The maximum atomic E-state index is 12.9. The molecule has 2 N–H and O–H groups in total. The van der Waals surface area contributed by atoms with E-state index in [0.717, 1.165) is 6.07 Å². The lowest BCUT2D eigenvalue weighted by molar-refractivity contribution is -0.255. The number of carboxylic acid groups (broad SMARTS) is 1. The summed E-state index contributed by atoms with van der Waals surface area (Å²) in [6.45, 7) is 0.230. The van der Waals surface area contributed by atoms with Crippen LogP contribution in [0.1, 0.15) is 21.5 Å². The molecule has 126 valence electrons. The van der Waals surface area contributed by atoms with Crippen LogP contribution in [-0.4, -0.2) is 11.1 Å². The average Bonchev–Trinajstić information content (AvgIpc) is 2.53. The van der Waals surface area contributed by atoms with Gasteiger partial charge in [-0.2, -0.15) is 13.2 Å². The number of aromatic carboxylic acids is 1. The summed E-state index contributed by atoms with van der Waals surface area (Å²) < 4.78 is 38.7. The molecule has 0 aliphatic carbocycles. The summed E-state index contributed by atoms with van der Waals surface area (Å²) >= 11 is 4.99. The third kappa shape index (κ3) is 4.69. The number of anilines is 1. The highest BCUT2D eigenvalue weighted by atomic mass is 32.1. The molecule has 0 bridgehead atoms. The van der Waals surface area contributed by atoms with E-state index >= 15 is 0 Å². The Labute approximate surface area is 141 Å². The lowest BCUT2D eigenvalue weighted by Crippen LogP contribution is -2.29. The fraction of sp³-hybridized carbons (Fsp3) is 0.125. The van der Waals surface area contributed by atoms with Gasteiger partial charge in [0.15, 0.2) is 5.11 Å². The molecule has 0 spiro atoms. The van der Waals surface area contributed by atoms with E-state index in [1.165, 1.54) is 30.3 Å². The van der Waals surface area contributed by atoms with Crippen molar-refractivity contribution < 1.29 is 23.1 Å². The molecule has 8 heteroatoms. The molecule has 0 saturated carbocycles. The van der Waals surface area contributed by atoms with Crippen LogP contribution in [0.4, 0.5) is 18.9 Å². The predicted octanol–water partition coefficient (Wildman–Crippen LogP) is 2.56. The van der Waals surface area contributed by atoms with Crippen LogP contribution in [0.2, 0.25) is 0 Å². The van der Waals surface area contributed by atoms with Crippen molar-refractivity contribution >= 4 is 29.0 Å². The Morgan fingerprint density at radius 3 is 2.29 bits per heavy atom. The van der Waals surface area contributed by atoms with Crippen molar-refractivity contribution in [3.05, 3.63) is 65.2 Å². The van der Waals surface area contributed by atoms with Gasteiger partial charge in [0.05, 0.1) is 17.2 Å². The quantitative estimate of drug-likeness (QED) is 0.827. The Morgan fingerprint density at radius 1 is 1.08 bits per heavy atom. The van der Waals surface area contributed by atoms with Crippen molar-refractivity contribution in [2.24, 2.45) is 0 Å². The number of halogens is 3. The zero-order chi connectivity index (χ0) is 17.7. The van der Waals surface area contributed by atoms with Crippen molar-refractivity contribution in [1.82, 2.24) is 5.32 Å². The van der Waals surface area contributed by atoms with Crippen LogP contribution < -0.4 is 15.7 Å². The molecule has 2 rings (SSSR count). The smallest absolute Gasteiger partial charge is 0.418 e. The Bertz CT molecular complexity index is 746. The summed E-state index contributed by atoms with van der Waals surface area (Å²) in [7, 11) is 0. The highest BCUT2D eigenvalue weighted by molar-refractivity contribution is 7.80. The van der Waals surface area contributed by atoms with Crippen molar-refractivity contribution in [3.8, 4) is 0 Å². The molecule has 0 amide bonds. The third-order valence-corrected chi connectivity index (χ3v) is 3.37. The van der Waals surface area contributed by atoms with Crippen LogP contribution in [0.25, 0.3) is 0 Å². The molecule has 2 aromatic rings. The maximum absolute atomic E-state index is 12.9. The van der Waals surface area contributed by atoms with Gasteiger partial charge >= 0.3 is 6.18 Å². The number of thiocarbonyl (C=S) groups is 1. The van der Waals surface area contributed by atoms with E-state index in [2.05, 4.69) is 10.6 Å². The first-order valence-corrected chi connectivity index (χ1v) is 7.19. The topological polar surface area (TPSA) is 64.2 Å². The maximum Gasteiger partial charge on any atom is 0.418 e. The summed E-state index contributed by atoms with van der Waals surface area (Å²) in [5.41, 5.74) is -0.200. The first kappa shape index (κ1) is 17.7. The Kier molecular flexibility index (Phi) is 5.40. The molecule has 24 heavy (non-hydrogen) atoms. The second-order valence-corrected chi connectivity index (χ2v) is 5.24. The minimum Gasteiger partial charge on any atom is -0.545 e. The fourth-order valence-electron chi connectivity index (χ4n) is 1.95. The molecule has 4 nitrogen and oxygen atoms in total. The van der Waals surface area contributed by atoms with Gasteiger partial charge in [-0.15, -0.1) is 0 Å². The summed E-state index contributed by atoms with van der Waals surface area (Å²) in [5, 5.41) is 15.9. The van der Waals surface area contributed by atoms with E-state index in [-0.39, 0.29) is 22.9 Å². The van der Waals surface area contributed by atoms with E-state index in [1.807, 2.05) is 0 Å². The van der Waals surface area contributed by atoms with Crippen molar-refractivity contribution in [3.63, 3.8) is 0 Å². The molecule has 2 aromatic carbocycles. The monoisotopic (exact) mass is 353 g/mol. The number of carbonyl (C=O) groups is 1. The number of alkyl halides is 3. The molecule has 0 aromatic heterocycles. The summed E-state index contributed by atoms with van der Waals surface area (Å²) in [6, 6.07) is 10.9. The number of rotatable bonds is 4. The molecule has 0 saturated heterocycles. The molecule has 0 aliphatic rings. The SMILES string of the molecule is O=C([O-])c1ccc(CNC(=S)Nc2ccccc2C(F)(F)F)cc1. The minimum atomic E-state index is -4.49. The number of para-hydroxylation sites is 1. The van der Waals surface area contributed by atoms with Gasteiger partial charge in [0.25, 0.3) is 0 Å². The van der Waals surface area contributed by atoms with E-state index in [9.17, 15) is 23.1 Å². The summed E-state index contributed by atoms with van der Waals surface area (Å²) in [4.78, 5) is 10.6. The zero-order valence-corrected chi connectivity index (χ0v) is 13.0. The third-order valence-electron chi connectivity index (χ3n) is 3.12. The Balaban J connectivity index is 1.98. The average molecular weight is 353 g/mol. The van der Waals surface area contributed by atoms with Gasteiger partial charge in [0.1, 0.15) is 0 Å². The standard InChI is InChI=1S/C16H13F3N2O2S/c17-16(18,19)12-3-1-2-4-13(12)21-15(24)20-9-10-5-7-11(8-6-10)14(22)23/h1-8H,9H2,(H,22,23)(H2,20,21,24)/p-1. The highest BCUT2D eigenvalue weighted by Gasteiger charge is 2.33. The van der Waals surface area contributed by atoms with Crippen molar-refractivity contribution in [2.75, 3.05) is 5.32 Å². The lowest BCUT2D eigenvalue weighted by Gasteiger charge is -2.16. The lowest BCUT2D eigenvalue weighted by atomic mass is 10.1. The number of carboxylic acids is 1. The van der Waals surface area contributed by atoms with E-state index in [0.29, 0.717) is 5.56 Å². The number of nitrogens with one attached hydrogen (secondary N) is 2. The number of hydrogen-bond acceptors (Lipinski definition) is 3. The predicted molar refractivity (Wildman–Crippen MR) is 85.3 cm³/mol. The van der Waals surface area contributed by atoms with E-state index in [4.69, 9.17) is 12.2 Å². The second-order valence-electron chi connectivity index (χ2n) is 4.84. The number of carbonyl (C=O) groups excluding carboxylic acids is 1. The highest BCUT2D eigenvalue weighted by Crippen LogP contribution is 2.34. The summed E-state index contributed by atoms with van der Waals surface area (Å²) in [5.74, 6) is -1.28. The first-order chi connectivity index (χ1) is 11.3. The minimum absolute atomic E-state index is 0.0238. The Morgan fingerprint density at radius 2 is 1.71 bits per heavy atom. The van der Waals surface area contributed by atoms with Crippen LogP contribution in [0.15, 0.2) is 48.5 Å². The van der Waals surface area contributed by atoms with E-state index in [1.54, 1.807) is 12.1 Å². The van der Waals surface area contributed by atoms with Gasteiger partial charge in [0.2, 0.25) is 0 Å². The molecule has 0 heterocycles. The van der Waals surface area contributed by atoms with E-state index < -0.39 is 17.7 Å². The van der Waals surface area contributed by atoms with Gasteiger partial charge in [0, 0.05) is 6.54 Å². The van der Waals surface area contributed by atoms with Gasteiger partial charge in [-0.1, -0.05) is 36.4 Å². The zero-order valence-electron chi connectivity index (χ0n) is 12.2. The molecular formula is C16H12F3N2O2S-. The molecule has 0 aliphatic heterocycles. The first-order valence-electron chi connectivity index (χ1n) is 6.79. The van der Waals surface area contributed by atoms with Gasteiger partial charge in [-0.25, -0.2) is 0 Å². The molecule has 0 radical (unpaired) electrons. The van der Waals surface area contributed by atoms with Crippen LogP contribution in [0.5, 0.6) is 0 Å². The fourth-order valence-corrected chi connectivity index (χ4v) is 2.13. The summed E-state index contributed by atoms with van der Waals surface area (Å²) in [6.07, 6.45) is -4.49.